The molecule has 0 fully saturated rings. The van der Waals surface area contributed by atoms with Crippen LogP contribution >= 0.6 is 11.8 Å². The predicted molar refractivity (Wildman–Crippen MR) is 117 cm³/mol. The second-order valence-electron chi connectivity index (χ2n) is 6.18. The summed E-state index contributed by atoms with van der Waals surface area (Å²) in [5.74, 6) is 2.18. The van der Waals surface area contributed by atoms with Gasteiger partial charge in [-0.1, -0.05) is 36.9 Å². The number of nitrogens with zero attached hydrogens (tertiary/aromatic N) is 2. The van der Waals surface area contributed by atoms with Crippen LogP contribution in [0.2, 0.25) is 0 Å². The first-order valence-electron chi connectivity index (χ1n) is 9.72. The van der Waals surface area contributed by atoms with Crippen LogP contribution in [0.15, 0.2) is 47.5 Å². The van der Waals surface area contributed by atoms with Crippen LogP contribution in [0, 0.1) is 0 Å². The molecule has 0 aliphatic heterocycles. The molecule has 1 amide bonds. The number of carbonyl (C=O) groups is 1. The van der Waals surface area contributed by atoms with Gasteiger partial charge < -0.3 is 14.8 Å². The molecule has 0 atom stereocenters. The molecular weight excluding hydrogens is 386 g/mol. The number of anilines is 1. The minimum atomic E-state index is -0.134. The van der Waals surface area contributed by atoms with Crippen LogP contribution in [-0.2, 0) is 11.2 Å². The number of amides is 1. The van der Waals surface area contributed by atoms with E-state index in [1.807, 2.05) is 57.2 Å². The zero-order valence-corrected chi connectivity index (χ0v) is 17.7. The van der Waals surface area contributed by atoms with E-state index >= 15 is 0 Å². The van der Waals surface area contributed by atoms with E-state index in [2.05, 4.69) is 15.3 Å². The molecular formula is C22H25N3O3S. The molecule has 2 aromatic carbocycles. The van der Waals surface area contributed by atoms with E-state index in [9.17, 15) is 4.79 Å². The smallest absolute Gasteiger partial charge is 0.234 e. The van der Waals surface area contributed by atoms with Gasteiger partial charge in [0.25, 0.3) is 0 Å². The highest BCUT2D eigenvalue weighted by molar-refractivity contribution is 8.00. The van der Waals surface area contributed by atoms with Crippen LogP contribution < -0.4 is 14.8 Å². The number of carbonyl (C=O) groups excluding carboxylic acids is 1. The number of fused-ring (bicyclic) bond motifs is 1. The minimum Gasteiger partial charge on any atom is -0.494 e. The molecule has 0 aliphatic carbocycles. The number of thioether (sulfide) groups is 1. The Morgan fingerprint density at radius 3 is 2.59 bits per heavy atom. The molecule has 0 spiro atoms. The Bertz CT molecular complexity index is 994. The van der Waals surface area contributed by atoms with Crippen LogP contribution in [0.3, 0.4) is 0 Å². The molecule has 7 heteroatoms. The van der Waals surface area contributed by atoms with Crippen molar-refractivity contribution in [2.45, 2.75) is 32.2 Å². The van der Waals surface area contributed by atoms with E-state index in [4.69, 9.17) is 9.47 Å². The van der Waals surface area contributed by atoms with E-state index in [1.54, 1.807) is 6.07 Å². The molecule has 0 aliphatic rings. The number of aromatic nitrogens is 2. The van der Waals surface area contributed by atoms with Gasteiger partial charge in [0.05, 0.1) is 30.2 Å². The molecule has 3 aromatic rings. The lowest BCUT2D eigenvalue weighted by Crippen LogP contribution is -2.15. The summed E-state index contributed by atoms with van der Waals surface area (Å²) < 4.78 is 11.2. The maximum atomic E-state index is 12.6. The Labute approximate surface area is 175 Å². The summed E-state index contributed by atoms with van der Waals surface area (Å²) >= 11 is 1.41. The number of hydrogen-bond donors (Lipinski definition) is 1. The Morgan fingerprint density at radius 2 is 1.83 bits per heavy atom. The van der Waals surface area contributed by atoms with Gasteiger partial charge >= 0.3 is 0 Å². The minimum absolute atomic E-state index is 0.134. The van der Waals surface area contributed by atoms with E-state index in [-0.39, 0.29) is 11.7 Å². The van der Waals surface area contributed by atoms with Gasteiger partial charge in [-0.25, -0.2) is 9.97 Å². The topological polar surface area (TPSA) is 73.3 Å². The Morgan fingerprint density at radius 1 is 1.03 bits per heavy atom. The molecule has 1 aromatic heterocycles. The quantitative estimate of drug-likeness (QED) is 0.406. The normalized spacial score (nSPS) is 10.7. The SMILES string of the molecule is CCOc1ccc(OCC)c(NC(=O)CSc2nc(CC)nc3ccccc23)c1. The van der Waals surface area contributed by atoms with E-state index in [1.165, 1.54) is 11.8 Å². The molecule has 152 valence electrons. The highest BCUT2D eigenvalue weighted by atomic mass is 32.2. The zero-order valence-electron chi connectivity index (χ0n) is 16.9. The maximum Gasteiger partial charge on any atom is 0.234 e. The fourth-order valence-electron chi connectivity index (χ4n) is 2.83. The van der Waals surface area contributed by atoms with E-state index in [0.717, 1.165) is 28.2 Å². The predicted octanol–water partition coefficient (Wildman–Crippen LogP) is 4.72. The Hall–Kier alpha value is -2.80. The van der Waals surface area contributed by atoms with E-state index in [0.29, 0.717) is 30.4 Å². The van der Waals surface area contributed by atoms with Crippen molar-refractivity contribution in [1.29, 1.82) is 0 Å². The summed E-state index contributed by atoms with van der Waals surface area (Å²) in [5.41, 5.74) is 1.50. The first-order valence-corrected chi connectivity index (χ1v) is 10.7. The number of hydrogen-bond acceptors (Lipinski definition) is 6. The summed E-state index contributed by atoms with van der Waals surface area (Å²) in [6.45, 7) is 6.91. The number of para-hydroxylation sites is 1. The van der Waals surface area contributed by atoms with Crippen molar-refractivity contribution in [1.82, 2.24) is 9.97 Å². The number of nitrogens with one attached hydrogen (secondary N) is 1. The van der Waals surface area contributed by atoms with Crippen molar-refractivity contribution in [2.75, 3.05) is 24.3 Å². The van der Waals surface area contributed by atoms with Gasteiger partial charge in [-0.3, -0.25) is 4.79 Å². The van der Waals surface area contributed by atoms with Crippen molar-refractivity contribution in [3.05, 3.63) is 48.3 Å². The first kappa shape index (κ1) is 20.9. The van der Waals surface area contributed by atoms with Crippen molar-refractivity contribution in [3.8, 4) is 11.5 Å². The summed E-state index contributed by atoms with van der Waals surface area (Å²) in [5, 5.41) is 4.70. The van der Waals surface area contributed by atoms with Gasteiger partial charge in [0.15, 0.2) is 0 Å². The fourth-order valence-corrected chi connectivity index (χ4v) is 3.66. The third kappa shape index (κ3) is 5.38. The number of aryl methyl sites for hydroxylation is 1. The zero-order chi connectivity index (χ0) is 20.6. The standard InChI is InChI=1S/C22H25N3O3S/c1-4-20-23-17-10-8-7-9-16(17)22(25-20)29-14-21(26)24-18-13-15(27-5-2)11-12-19(18)28-6-3/h7-13H,4-6,14H2,1-3H3,(H,24,26). The lowest BCUT2D eigenvalue weighted by atomic mass is 10.2. The second kappa shape index (κ2) is 10.1. The number of ether oxygens (including phenoxy) is 2. The first-order chi connectivity index (χ1) is 14.1. The van der Waals surface area contributed by atoms with Crippen molar-refractivity contribution < 1.29 is 14.3 Å². The average Bonchev–Trinajstić information content (AvgIpc) is 2.74. The van der Waals surface area contributed by atoms with Crippen molar-refractivity contribution in [3.63, 3.8) is 0 Å². The summed E-state index contributed by atoms with van der Waals surface area (Å²) in [4.78, 5) is 21.8. The largest absolute Gasteiger partial charge is 0.494 e. The molecule has 1 heterocycles. The second-order valence-corrected chi connectivity index (χ2v) is 7.14. The van der Waals surface area contributed by atoms with Gasteiger partial charge in [0.2, 0.25) is 5.91 Å². The summed E-state index contributed by atoms with van der Waals surface area (Å²) in [6.07, 6.45) is 0.743. The lowest BCUT2D eigenvalue weighted by molar-refractivity contribution is -0.113. The van der Waals surface area contributed by atoms with Gasteiger partial charge in [0.1, 0.15) is 22.3 Å². The molecule has 0 saturated carbocycles. The molecule has 0 unspecified atom stereocenters. The number of rotatable bonds is 9. The third-order valence-corrected chi connectivity index (χ3v) is 5.10. The molecule has 0 saturated heterocycles. The van der Waals surface area contributed by atoms with Gasteiger partial charge in [-0.15, -0.1) is 0 Å². The maximum absolute atomic E-state index is 12.6. The van der Waals surface area contributed by atoms with Crippen LogP contribution in [0.25, 0.3) is 10.9 Å². The van der Waals surface area contributed by atoms with Gasteiger partial charge in [0, 0.05) is 17.9 Å². The van der Waals surface area contributed by atoms with Crippen LogP contribution in [0.1, 0.15) is 26.6 Å². The highest BCUT2D eigenvalue weighted by Crippen LogP contribution is 2.30. The molecule has 3 rings (SSSR count). The monoisotopic (exact) mass is 411 g/mol. The van der Waals surface area contributed by atoms with E-state index < -0.39 is 0 Å². The van der Waals surface area contributed by atoms with Crippen LogP contribution in [0.5, 0.6) is 11.5 Å². The number of benzene rings is 2. The van der Waals surface area contributed by atoms with Crippen LogP contribution in [-0.4, -0.2) is 34.8 Å². The summed E-state index contributed by atoms with van der Waals surface area (Å²) in [6, 6.07) is 13.3. The van der Waals surface area contributed by atoms with Gasteiger partial charge in [-0.2, -0.15) is 0 Å². The van der Waals surface area contributed by atoms with Gasteiger partial charge in [-0.05, 0) is 32.0 Å². The molecule has 1 N–H and O–H groups in total. The highest BCUT2D eigenvalue weighted by Gasteiger charge is 2.13. The Balaban J connectivity index is 1.75. The molecule has 29 heavy (non-hydrogen) atoms. The average molecular weight is 412 g/mol. The fraction of sp³-hybridized carbons (Fsp3) is 0.318. The lowest BCUT2D eigenvalue weighted by Gasteiger charge is -2.13. The summed E-state index contributed by atoms with van der Waals surface area (Å²) in [7, 11) is 0. The molecule has 0 bridgehead atoms. The van der Waals surface area contributed by atoms with Crippen molar-refractivity contribution in [2.24, 2.45) is 0 Å². The Kier molecular flexibility index (Phi) is 7.30. The third-order valence-electron chi connectivity index (χ3n) is 4.11. The molecule has 6 nitrogen and oxygen atoms in total. The van der Waals surface area contributed by atoms with Crippen LogP contribution in [0.4, 0.5) is 5.69 Å². The van der Waals surface area contributed by atoms with Crippen molar-refractivity contribution >= 4 is 34.3 Å². The molecule has 0 radical (unpaired) electrons.